The number of nitrogens with zero attached hydrogens (tertiary/aromatic N) is 2. The summed E-state index contributed by atoms with van der Waals surface area (Å²) in [5.74, 6) is -0.185. The minimum atomic E-state index is -0.185. The summed E-state index contributed by atoms with van der Waals surface area (Å²) < 4.78 is 5.26. The molecule has 18 heavy (non-hydrogen) atoms. The Kier molecular flexibility index (Phi) is 4.49. The zero-order valence-corrected chi connectivity index (χ0v) is 10.3. The number of nitrogen functional groups attached to an aromatic ring is 1. The Morgan fingerprint density at radius 3 is 3.00 bits per heavy atom. The molecule has 2 rings (SSSR count). The van der Waals surface area contributed by atoms with Crippen molar-refractivity contribution in [3.05, 3.63) is 24.0 Å². The van der Waals surface area contributed by atoms with Crippen LogP contribution in [-0.4, -0.2) is 55.2 Å². The van der Waals surface area contributed by atoms with Crippen LogP contribution in [0.5, 0.6) is 0 Å². The van der Waals surface area contributed by atoms with Crippen LogP contribution in [0.25, 0.3) is 0 Å². The Balaban J connectivity index is 1.74. The van der Waals surface area contributed by atoms with Crippen molar-refractivity contribution in [3.8, 4) is 0 Å². The normalized spacial score (nSPS) is 16.4. The summed E-state index contributed by atoms with van der Waals surface area (Å²) in [6.07, 6.45) is 1.53. The summed E-state index contributed by atoms with van der Waals surface area (Å²) in [7, 11) is 0. The zero-order chi connectivity index (χ0) is 12.8. The van der Waals surface area contributed by atoms with Gasteiger partial charge in [0.1, 0.15) is 5.69 Å². The molecule has 2 heterocycles. The molecular formula is C12H18N4O2. The summed E-state index contributed by atoms with van der Waals surface area (Å²) in [5.41, 5.74) is 6.50. The number of amides is 1. The van der Waals surface area contributed by atoms with Crippen molar-refractivity contribution in [1.29, 1.82) is 0 Å². The SMILES string of the molecule is Nc1ccnc(C(=O)NCCN2CCOCC2)c1. The number of ether oxygens (including phenoxy) is 1. The van der Waals surface area contributed by atoms with Crippen molar-refractivity contribution in [2.24, 2.45) is 0 Å². The van der Waals surface area contributed by atoms with Crippen molar-refractivity contribution >= 4 is 11.6 Å². The third kappa shape index (κ3) is 3.68. The molecule has 1 aliphatic rings. The first-order valence-corrected chi connectivity index (χ1v) is 6.05. The van der Waals surface area contributed by atoms with E-state index >= 15 is 0 Å². The molecule has 0 aromatic carbocycles. The Morgan fingerprint density at radius 2 is 2.28 bits per heavy atom. The lowest BCUT2D eigenvalue weighted by atomic mass is 10.3. The first-order valence-electron chi connectivity index (χ1n) is 6.05. The van der Waals surface area contributed by atoms with Crippen molar-refractivity contribution in [2.45, 2.75) is 0 Å². The number of nitrogens with one attached hydrogen (secondary N) is 1. The van der Waals surface area contributed by atoms with Crippen LogP contribution < -0.4 is 11.1 Å². The molecule has 0 radical (unpaired) electrons. The van der Waals surface area contributed by atoms with E-state index in [0.717, 1.165) is 32.8 Å². The highest BCUT2D eigenvalue weighted by molar-refractivity contribution is 5.92. The zero-order valence-electron chi connectivity index (χ0n) is 10.3. The van der Waals surface area contributed by atoms with E-state index in [-0.39, 0.29) is 5.91 Å². The van der Waals surface area contributed by atoms with Crippen LogP contribution in [0, 0.1) is 0 Å². The molecule has 1 aromatic heterocycles. The van der Waals surface area contributed by atoms with Crippen molar-refractivity contribution < 1.29 is 9.53 Å². The fraction of sp³-hybridized carbons (Fsp3) is 0.500. The van der Waals surface area contributed by atoms with Gasteiger partial charge in [-0.3, -0.25) is 14.7 Å². The van der Waals surface area contributed by atoms with Gasteiger partial charge in [0.2, 0.25) is 0 Å². The van der Waals surface area contributed by atoms with Gasteiger partial charge in [-0.25, -0.2) is 0 Å². The molecule has 98 valence electrons. The fourth-order valence-electron chi connectivity index (χ4n) is 1.81. The van der Waals surface area contributed by atoms with Crippen molar-refractivity contribution in [1.82, 2.24) is 15.2 Å². The third-order valence-electron chi connectivity index (χ3n) is 2.83. The van der Waals surface area contributed by atoms with Crippen LogP contribution in [0.15, 0.2) is 18.3 Å². The van der Waals surface area contributed by atoms with E-state index in [2.05, 4.69) is 15.2 Å². The van der Waals surface area contributed by atoms with Crippen LogP contribution in [0.4, 0.5) is 5.69 Å². The Labute approximate surface area is 106 Å². The van der Waals surface area contributed by atoms with Gasteiger partial charge in [0.15, 0.2) is 0 Å². The van der Waals surface area contributed by atoms with E-state index in [9.17, 15) is 4.79 Å². The van der Waals surface area contributed by atoms with Gasteiger partial charge in [0, 0.05) is 38.1 Å². The van der Waals surface area contributed by atoms with E-state index in [1.165, 1.54) is 6.20 Å². The van der Waals surface area contributed by atoms with Gasteiger partial charge in [-0.15, -0.1) is 0 Å². The van der Waals surface area contributed by atoms with Crippen molar-refractivity contribution in [2.75, 3.05) is 45.1 Å². The summed E-state index contributed by atoms with van der Waals surface area (Å²) in [5, 5.41) is 2.83. The van der Waals surface area contributed by atoms with Gasteiger partial charge in [-0.05, 0) is 12.1 Å². The molecule has 6 nitrogen and oxygen atoms in total. The van der Waals surface area contributed by atoms with Crippen LogP contribution in [-0.2, 0) is 4.74 Å². The Bertz CT molecular complexity index is 405. The van der Waals surface area contributed by atoms with Gasteiger partial charge < -0.3 is 15.8 Å². The molecule has 3 N–H and O–H groups in total. The van der Waals surface area contributed by atoms with Gasteiger partial charge in [0.05, 0.1) is 13.2 Å². The van der Waals surface area contributed by atoms with Crippen LogP contribution in [0.3, 0.4) is 0 Å². The van der Waals surface area contributed by atoms with Gasteiger partial charge >= 0.3 is 0 Å². The molecule has 6 heteroatoms. The maximum atomic E-state index is 11.8. The maximum Gasteiger partial charge on any atom is 0.269 e. The number of hydrogen-bond acceptors (Lipinski definition) is 5. The molecule has 1 saturated heterocycles. The van der Waals surface area contributed by atoms with Crippen molar-refractivity contribution in [3.63, 3.8) is 0 Å². The van der Waals surface area contributed by atoms with Gasteiger partial charge in [-0.1, -0.05) is 0 Å². The molecule has 0 spiro atoms. The highest BCUT2D eigenvalue weighted by Crippen LogP contribution is 2.02. The molecule has 0 bridgehead atoms. The van der Waals surface area contributed by atoms with E-state index in [1.54, 1.807) is 12.1 Å². The lowest BCUT2D eigenvalue weighted by Crippen LogP contribution is -2.41. The number of nitrogens with two attached hydrogens (primary N) is 1. The molecule has 0 saturated carbocycles. The van der Waals surface area contributed by atoms with E-state index < -0.39 is 0 Å². The molecule has 1 aromatic rings. The summed E-state index contributed by atoms with van der Waals surface area (Å²) in [6.45, 7) is 4.82. The quantitative estimate of drug-likeness (QED) is 0.768. The lowest BCUT2D eigenvalue weighted by Gasteiger charge is -2.26. The molecule has 0 unspecified atom stereocenters. The summed E-state index contributed by atoms with van der Waals surface area (Å²) in [4.78, 5) is 18.0. The number of morpholine rings is 1. The maximum absolute atomic E-state index is 11.8. The minimum Gasteiger partial charge on any atom is -0.399 e. The number of pyridine rings is 1. The Morgan fingerprint density at radius 1 is 1.50 bits per heavy atom. The highest BCUT2D eigenvalue weighted by Gasteiger charge is 2.11. The topological polar surface area (TPSA) is 80.5 Å². The predicted octanol–water partition coefficient (Wildman–Crippen LogP) is -0.274. The third-order valence-corrected chi connectivity index (χ3v) is 2.83. The molecule has 1 fully saturated rings. The highest BCUT2D eigenvalue weighted by atomic mass is 16.5. The average Bonchev–Trinajstić information content (AvgIpc) is 2.40. The monoisotopic (exact) mass is 250 g/mol. The number of carbonyl (C=O) groups excluding carboxylic acids is 1. The molecule has 0 atom stereocenters. The summed E-state index contributed by atoms with van der Waals surface area (Å²) >= 11 is 0. The molecule has 1 aliphatic heterocycles. The van der Waals surface area contributed by atoms with Gasteiger partial charge in [0.25, 0.3) is 5.91 Å². The first-order chi connectivity index (χ1) is 8.75. The van der Waals surface area contributed by atoms with Crippen LogP contribution >= 0.6 is 0 Å². The number of carbonyl (C=O) groups is 1. The Hall–Kier alpha value is -1.66. The smallest absolute Gasteiger partial charge is 0.269 e. The number of aromatic nitrogens is 1. The van der Waals surface area contributed by atoms with E-state index in [4.69, 9.17) is 10.5 Å². The summed E-state index contributed by atoms with van der Waals surface area (Å²) in [6, 6.07) is 3.23. The fourth-order valence-corrected chi connectivity index (χ4v) is 1.81. The number of hydrogen-bond donors (Lipinski definition) is 2. The lowest BCUT2D eigenvalue weighted by molar-refractivity contribution is 0.0383. The largest absolute Gasteiger partial charge is 0.399 e. The van der Waals surface area contributed by atoms with Crippen LogP contribution in [0.2, 0.25) is 0 Å². The standard InChI is InChI=1S/C12H18N4O2/c13-10-1-2-14-11(9-10)12(17)15-3-4-16-5-7-18-8-6-16/h1-2,9H,3-8H2,(H2,13,14)(H,15,17). The minimum absolute atomic E-state index is 0.185. The van der Waals surface area contributed by atoms with Crippen LogP contribution in [0.1, 0.15) is 10.5 Å². The predicted molar refractivity (Wildman–Crippen MR) is 68.2 cm³/mol. The average molecular weight is 250 g/mol. The second-order valence-corrected chi connectivity index (χ2v) is 4.18. The van der Waals surface area contributed by atoms with E-state index in [0.29, 0.717) is 17.9 Å². The molecule has 1 amide bonds. The second-order valence-electron chi connectivity index (χ2n) is 4.18. The molecule has 0 aliphatic carbocycles. The number of anilines is 1. The van der Waals surface area contributed by atoms with Gasteiger partial charge in [-0.2, -0.15) is 0 Å². The van der Waals surface area contributed by atoms with E-state index in [1.807, 2.05) is 0 Å². The molecular weight excluding hydrogens is 232 g/mol. The second kappa shape index (κ2) is 6.32. The number of rotatable bonds is 4. The first kappa shape index (κ1) is 12.8.